The van der Waals surface area contributed by atoms with Crippen LogP contribution in [0.15, 0.2) is 121 Å². The van der Waals surface area contributed by atoms with E-state index >= 15 is 0 Å². The van der Waals surface area contributed by atoms with Crippen molar-refractivity contribution in [3.8, 4) is 0 Å². The molecule has 5 heterocycles. The Bertz CT molecular complexity index is 2280. The molecule has 4 nitrogen and oxygen atoms in total. The van der Waals surface area contributed by atoms with E-state index in [0.717, 1.165) is 44.8 Å². The molecular formula is C40H26N4Zn. The van der Waals surface area contributed by atoms with Gasteiger partial charge in [0.1, 0.15) is 0 Å². The molecule has 2 aliphatic heterocycles. The van der Waals surface area contributed by atoms with E-state index in [9.17, 15) is 0 Å². The molecule has 3 aromatic heterocycles. The van der Waals surface area contributed by atoms with Crippen molar-refractivity contribution in [1.82, 2.24) is 19.9 Å². The van der Waals surface area contributed by atoms with Crippen LogP contribution in [0.5, 0.6) is 0 Å². The molecule has 0 unspecified atom stereocenters. The second-order valence-corrected chi connectivity index (χ2v) is 11.3. The molecular weight excluding hydrogens is 602 g/mol. The number of fused-ring (bicyclic) bond motifs is 10. The summed E-state index contributed by atoms with van der Waals surface area (Å²) >= 11 is 0. The van der Waals surface area contributed by atoms with Crippen LogP contribution in [0.4, 0.5) is 0 Å². The van der Waals surface area contributed by atoms with Crippen molar-refractivity contribution in [3.05, 3.63) is 144 Å². The molecule has 8 bridgehead atoms. The Balaban J connectivity index is 0.000000133. The summed E-state index contributed by atoms with van der Waals surface area (Å²) in [5.41, 5.74) is 7.86. The number of hydrogen-bond acceptors (Lipinski definition) is 2. The average molecular weight is 628 g/mol. The van der Waals surface area contributed by atoms with Gasteiger partial charge in [0.25, 0.3) is 0 Å². The van der Waals surface area contributed by atoms with E-state index in [1.807, 2.05) is 48.6 Å². The third-order valence-corrected chi connectivity index (χ3v) is 8.43. The smallest absolute Gasteiger partial charge is 0.0658 e. The van der Waals surface area contributed by atoms with E-state index in [1.54, 1.807) is 0 Å². The largest absolute Gasteiger partial charge is 0.355 e. The van der Waals surface area contributed by atoms with Crippen LogP contribution < -0.4 is 0 Å². The Morgan fingerprint density at radius 1 is 0.356 bits per heavy atom. The molecule has 2 N–H and O–H groups in total. The minimum Gasteiger partial charge on any atom is -0.355 e. The van der Waals surface area contributed by atoms with E-state index in [4.69, 9.17) is 0 Å². The van der Waals surface area contributed by atoms with Crippen LogP contribution in [0.2, 0.25) is 0 Å². The molecule has 10 rings (SSSR count). The standard InChI is InChI=1S/C20H14N4.C20H12.Zn/c1-2-14-10-16-5-6-18(23-16)12-20-8-7-19(24-20)11-17-4-3-15(22-17)9-13(1)21-14;1-5-13-6-2-11-17-18-12-4-8-14-7-3-10-16(20(14)18)15(9-1)19(13)17;/h1-12,21,24H;1-12H;. The van der Waals surface area contributed by atoms with Gasteiger partial charge in [0.05, 0.1) is 22.8 Å². The number of benzene rings is 5. The Hall–Kier alpha value is -5.38. The van der Waals surface area contributed by atoms with Gasteiger partial charge in [-0.2, -0.15) is 0 Å². The molecule has 0 aliphatic carbocycles. The van der Waals surface area contributed by atoms with Crippen molar-refractivity contribution in [2.45, 2.75) is 0 Å². The van der Waals surface area contributed by atoms with E-state index in [1.165, 1.54) is 43.1 Å². The predicted molar refractivity (Wildman–Crippen MR) is 187 cm³/mol. The second kappa shape index (κ2) is 11.0. The van der Waals surface area contributed by atoms with Gasteiger partial charge in [-0.1, -0.05) is 72.8 Å². The van der Waals surface area contributed by atoms with Crippen molar-refractivity contribution in [1.29, 1.82) is 0 Å². The van der Waals surface area contributed by atoms with Gasteiger partial charge in [-0.3, -0.25) is 0 Å². The first kappa shape index (κ1) is 27.2. The minimum absolute atomic E-state index is 0. The molecule has 2 aliphatic rings. The summed E-state index contributed by atoms with van der Waals surface area (Å²) in [6.45, 7) is 0. The fourth-order valence-electron chi connectivity index (χ4n) is 6.52. The quantitative estimate of drug-likeness (QED) is 0.0998. The van der Waals surface area contributed by atoms with Gasteiger partial charge in [0, 0.05) is 41.5 Å². The summed E-state index contributed by atoms with van der Waals surface area (Å²) < 4.78 is 0. The Kier molecular flexibility index (Phi) is 6.62. The number of aromatic nitrogens is 4. The van der Waals surface area contributed by atoms with Crippen molar-refractivity contribution in [2.24, 2.45) is 0 Å². The molecule has 8 aromatic rings. The molecule has 0 atom stereocenters. The summed E-state index contributed by atoms with van der Waals surface area (Å²) in [5, 5.41) is 10.9. The van der Waals surface area contributed by atoms with Crippen LogP contribution in [0.3, 0.4) is 0 Å². The topological polar surface area (TPSA) is 57.4 Å². The van der Waals surface area contributed by atoms with Gasteiger partial charge in [0.15, 0.2) is 0 Å². The van der Waals surface area contributed by atoms with Crippen LogP contribution in [0.1, 0.15) is 22.8 Å². The monoisotopic (exact) mass is 626 g/mol. The summed E-state index contributed by atoms with van der Waals surface area (Å²) in [6, 6.07) is 42.8. The van der Waals surface area contributed by atoms with Crippen LogP contribution in [-0.4, -0.2) is 19.9 Å². The summed E-state index contributed by atoms with van der Waals surface area (Å²) in [6.07, 6.45) is 8.09. The average Bonchev–Trinajstić information content (AvgIpc) is 3.87. The number of nitrogens with zero attached hydrogens (tertiary/aromatic N) is 2. The molecule has 0 saturated heterocycles. The first-order valence-corrected chi connectivity index (χ1v) is 14.8. The van der Waals surface area contributed by atoms with Gasteiger partial charge in [-0.15, -0.1) is 0 Å². The van der Waals surface area contributed by atoms with Crippen molar-refractivity contribution in [3.63, 3.8) is 0 Å². The van der Waals surface area contributed by atoms with Crippen LogP contribution in [0.25, 0.3) is 89.5 Å². The van der Waals surface area contributed by atoms with E-state index in [2.05, 4.69) is 117 Å². The maximum atomic E-state index is 4.63. The Morgan fingerprint density at radius 3 is 0.933 bits per heavy atom. The van der Waals surface area contributed by atoms with Gasteiger partial charge in [-0.05, 0) is 116 Å². The van der Waals surface area contributed by atoms with E-state index in [-0.39, 0.29) is 19.5 Å². The van der Waals surface area contributed by atoms with Crippen LogP contribution in [0, 0.1) is 0 Å². The SMILES string of the molecule is C1=Cc2cc3ccc(cc4nc(cc5ccc(cc1n2)[nH]5)C=C4)[nH]3.[Zn].c1cc2cccc3c4cccc5cccc(c(c1)c23)c54. The molecule has 0 spiro atoms. The maximum absolute atomic E-state index is 4.63. The zero-order chi connectivity index (χ0) is 29.0. The molecule has 0 fully saturated rings. The molecule has 5 heteroatoms. The van der Waals surface area contributed by atoms with E-state index < -0.39 is 0 Å². The summed E-state index contributed by atoms with van der Waals surface area (Å²) in [4.78, 5) is 16.0. The number of rotatable bonds is 0. The number of hydrogen-bond donors (Lipinski definition) is 2. The molecule has 208 valence electrons. The second-order valence-electron chi connectivity index (χ2n) is 11.3. The molecule has 0 amide bonds. The summed E-state index contributed by atoms with van der Waals surface area (Å²) in [5.74, 6) is 0. The summed E-state index contributed by atoms with van der Waals surface area (Å²) in [7, 11) is 0. The minimum atomic E-state index is 0. The zero-order valence-corrected chi connectivity index (χ0v) is 27.4. The Labute approximate surface area is 271 Å². The van der Waals surface area contributed by atoms with Gasteiger partial charge in [0.2, 0.25) is 0 Å². The number of H-pyrrole nitrogens is 2. The molecule has 0 saturated carbocycles. The first-order valence-electron chi connectivity index (χ1n) is 14.8. The third kappa shape index (κ3) is 4.92. The fraction of sp³-hybridized carbons (Fsp3) is 0. The van der Waals surface area contributed by atoms with Gasteiger partial charge in [-0.25, -0.2) is 9.97 Å². The Morgan fingerprint density at radius 2 is 0.644 bits per heavy atom. The molecule has 5 aromatic carbocycles. The fourth-order valence-corrected chi connectivity index (χ4v) is 6.52. The van der Waals surface area contributed by atoms with Gasteiger partial charge >= 0.3 is 0 Å². The number of aromatic amines is 2. The zero-order valence-electron chi connectivity index (χ0n) is 24.5. The van der Waals surface area contributed by atoms with Crippen molar-refractivity contribution >= 4 is 89.5 Å². The molecule has 45 heavy (non-hydrogen) atoms. The van der Waals surface area contributed by atoms with E-state index in [0.29, 0.717) is 0 Å². The van der Waals surface area contributed by atoms with Gasteiger partial charge < -0.3 is 9.97 Å². The normalized spacial score (nSPS) is 12.1. The van der Waals surface area contributed by atoms with Crippen molar-refractivity contribution in [2.75, 3.05) is 0 Å². The van der Waals surface area contributed by atoms with Crippen molar-refractivity contribution < 1.29 is 19.5 Å². The maximum Gasteiger partial charge on any atom is 0.0658 e. The van der Waals surface area contributed by atoms with Crippen LogP contribution in [-0.2, 0) is 19.5 Å². The first-order chi connectivity index (χ1) is 21.7. The number of nitrogens with one attached hydrogen (secondary N) is 2. The molecule has 0 radical (unpaired) electrons. The predicted octanol–water partition coefficient (Wildman–Crippen LogP) is 10.4. The van der Waals surface area contributed by atoms with Crippen LogP contribution >= 0.6 is 0 Å². The third-order valence-electron chi connectivity index (χ3n) is 8.43.